The zero-order chi connectivity index (χ0) is 10.6. The standard InChI is InChI=1S/C10H20N2O2/c1-3-11(4-2)8-9-6-5-7-12(9)10(13)14/h9H,3-8H2,1-2H3,(H,13,14). The normalized spacial score (nSPS) is 21.9. The minimum absolute atomic E-state index is 0.215. The number of carboxylic acid groups (broad SMARTS) is 1. The summed E-state index contributed by atoms with van der Waals surface area (Å²) in [5.41, 5.74) is 0. The van der Waals surface area contributed by atoms with Gasteiger partial charge in [-0.15, -0.1) is 0 Å². The van der Waals surface area contributed by atoms with E-state index in [1.807, 2.05) is 0 Å². The first kappa shape index (κ1) is 11.3. The molecule has 0 aliphatic carbocycles. The Labute approximate surface area is 85.5 Å². The van der Waals surface area contributed by atoms with Crippen LogP contribution in [0.5, 0.6) is 0 Å². The van der Waals surface area contributed by atoms with E-state index in [-0.39, 0.29) is 6.04 Å². The monoisotopic (exact) mass is 200 g/mol. The van der Waals surface area contributed by atoms with E-state index >= 15 is 0 Å². The predicted octanol–water partition coefficient (Wildman–Crippen LogP) is 1.47. The molecule has 0 spiro atoms. The van der Waals surface area contributed by atoms with Crippen molar-refractivity contribution in [1.82, 2.24) is 9.80 Å². The van der Waals surface area contributed by atoms with E-state index < -0.39 is 6.09 Å². The largest absolute Gasteiger partial charge is 0.465 e. The van der Waals surface area contributed by atoms with Crippen molar-refractivity contribution in [2.75, 3.05) is 26.2 Å². The molecule has 0 radical (unpaired) electrons. The van der Waals surface area contributed by atoms with Gasteiger partial charge in [-0.3, -0.25) is 0 Å². The second-order valence-electron chi connectivity index (χ2n) is 3.76. The molecular formula is C10H20N2O2. The number of amides is 1. The molecule has 14 heavy (non-hydrogen) atoms. The van der Waals surface area contributed by atoms with Crippen LogP contribution in [0.25, 0.3) is 0 Å². The molecule has 0 aromatic rings. The lowest BCUT2D eigenvalue weighted by Crippen LogP contribution is -2.42. The van der Waals surface area contributed by atoms with E-state index in [0.717, 1.165) is 32.5 Å². The molecule has 4 nitrogen and oxygen atoms in total. The van der Waals surface area contributed by atoms with Crippen LogP contribution in [-0.4, -0.2) is 53.2 Å². The van der Waals surface area contributed by atoms with Crippen LogP contribution in [0, 0.1) is 0 Å². The Kier molecular flexibility index (Phi) is 4.20. The lowest BCUT2D eigenvalue weighted by Gasteiger charge is -2.27. The molecule has 4 heteroatoms. The number of hydrogen-bond donors (Lipinski definition) is 1. The number of rotatable bonds is 4. The maximum atomic E-state index is 10.9. The Morgan fingerprint density at radius 3 is 2.64 bits per heavy atom. The Hall–Kier alpha value is -0.770. The minimum Gasteiger partial charge on any atom is -0.465 e. The van der Waals surface area contributed by atoms with E-state index in [4.69, 9.17) is 5.11 Å². The highest BCUT2D eigenvalue weighted by Gasteiger charge is 2.29. The van der Waals surface area contributed by atoms with Gasteiger partial charge in [0.1, 0.15) is 0 Å². The van der Waals surface area contributed by atoms with Crippen LogP contribution in [0.1, 0.15) is 26.7 Å². The summed E-state index contributed by atoms with van der Waals surface area (Å²) in [5, 5.41) is 8.95. The predicted molar refractivity (Wildman–Crippen MR) is 55.5 cm³/mol. The second kappa shape index (κ2) is 5.20. The lowest BCUT2D eigenvalue weighted by molar-refractivity contribution is 0.127. The van der Waals surface area contributed by atoms with Crippen molar-refractivity contribution in [3.05, 3.63) is 0 Å². The summed E-state index contributed by atoms with van der Waals surface area (Å²) in [6, 6.07) is 0.215. The highest BCUT2D eigenvalue weighted by atomic mass is 16.4. The van der Waals surface area contributed by atoms with Gasteiger partial charge in [-0.25, -0.2) is 4.79 Å². The molecule has 1 atom stereocenters. The fraction of sp³-hybridized carbons (Fsp3) is 0.900. The molecule has 1 saturated heterocycles. The van der Waals surface area contributed by atoms with Gasteiger partial charge in [0.15, 0.2) is 0 Å². The number of hydrogen-bond acceptors (Lipinski definition) is 2. The van der Waals surface area contributed by atoms with Gasteiger partial charge in [0.25, 0.3) is 0 Å². The average molecular weight is 200 g/mol. The minimum atomic E-state index is -0.764. The summed E-state index contributed by atoms with van der Waals surface area (Å²) < 4.78 is 0. The van der Waals surface area contributed by atoms with E-state index in [1.165, 1.54) is 0 Å². The highest BCUT2D eigenvalue weighted by Crippen LogP contribution is 2.18. The fourth-order valence-corrected chi connectivity index (χ4v) is 2.06. The molecule has 0 bridgehead atoms. The maximum absolute atomic E-state index is 10.9. The van der Waals surface area contributed by atoms with Crippen LogP contribution in [-0.2, 0) is 0 Å². The van der Waals surface area contributed by atoms with Crippen molar-refractivity contribution in [2.24, 2.45) is 0 Å². The van der Waals surface area contributed by atoms with E-state index in [0.29, 0.717) is 6.54 Å². The van der Waals surface area contributed by atoms with Gasteiger partial charge in [-0.1, -0.05) is 13.8 Å². The smallest absolute Gasteiger partial charge is 0.407 e. The third kappa shape index (κ3) is 2.61. The summed E-state index contributed by atoms with van der Waals surface area (Å²) in [4.78, 5) is 14.7. The number of likely N-dealkylation sites (tertiary alicyclic amines) is 1. The van der Waals surface area contributed by atoms with Gasteiger partial charge in [0.2, 0.25) is 0 Å². The van der Waals surface area contributed by atoms with Crippen molar-refractivity contribution in [3.63, 3.8) is 0 Å². The zero-order valence-corrected chi connectivity index (χ0v) is 9.07. The number of nitrogens with zero attached hydrogens (tertiary/aromatic N) is 2. The maximum Gasteiger partial charge on any atom is 0.407 e. The molecule has 1 aliphatic rings. The van der Waals surface area contributed by atoms with Crippen molar-refractivity contribution in [2.45, 2.75) is 32.7 Å². The molecule has 1 amide bonds. The average Bonchev–Trinajstić information content (AvgIpc) is 2.62. The van der Waals surface area contributed by atoms with E-state index in [9.17, 15) is 4.79 Å². The summed E-state index contributed by atoms with van der Waals surface area (Å²) in [7, 11) is 0. The third-order valence-electron chi connectivity index (χ3n) is 2.99. The van der Waals surface area contributed by atoms with Gasteiger partial charge in [-0.2, -0.15) is 0 Å². The van der Waals surface area contributed by atoms with Gasteiger partial charge in [0.05, 0.1) is 0 Å². The SMILES string of the molecule is CCN(CC)CC1CCCN1C(=O)O. The van der Waals surface area contributed by atoms with Crippen molar-refractivity contribution >= 4 is 6.09 Å². The molecule has 1 unspecified atom stereocenters. The zero-order valence-electron chi connectivity index (χ0n) is 9.07. The van der Waals surface area contributed by atoms with Gasteiger partial charge in [-0.05, 0) is 25.9 Å². The summed E-state index contributed by atoms with van der Waals surface area (Å²) in [5.74, 6) is 0. The van der Waals surface area contributed by atoms with Gasteiger partial charge < -0.3 is 14.9 Å². The summed E-state index contributed by atoms with van der Waals surface area (Å²) >= 11 is 0. The Bertz CT molecular complexity index is 193. The van der Waals surface area contributed by atoms with Gasteiger partial charge >= 0.3 is 6.09 Å². The van der Waals surface area contributed by atoms with Crippen LogP contribution in [0.3, 0.4) is 0 Å². The highest BCUT2D eigenvalue weighted by molar-refractivity contribution is 5.65. The van der Waals surface area contributed by atoms with Crippen LogP contribution in [0.2, 0.25) is 0 Å². The fourth-order valence-electron chi connectivity index (χ4n) is 2.06. The molecule has 0 aromatic heterocycles. The number of carbonyl (C=O) groups is 1. The first-order valence-corrected chi connectivity index (χ1v) is 5.41. The molecule has 1 fully saturated rings. The van der Waals surface area contributed by atoms with Crippen molar-refractivity contribution < 1.29 is 9.90 Å². The van der Waals surface area contributed by atoms with Gasteiger partial charge in [0, 0.05) is 19.1 Å². The van der Waals surface area contributed by atoms with Crippen LogP contribution in [0.4, 0.5) is 4.79 Å². The Balaban J connectivity index is 2.46. The summed E-state index contributed by atoms with van der Waals surface area (Å²) in [6.45, 7) is 7.83. The number of likely N-dealkylation sites (N-methyl/N-ethyl adjacent to an activating group) is 1. The lowest BCUT2D eigenvalue weighted by atomic mass is 10.2. The van der Waals surface area contributed by atoms with Crippen LogP contribution >= 0.6 is 0 Å². The van der Waals surface area contributed by atoms with E-state index in [2.05, 4.69) is 18.7 Å². The molecule has 1 rings (SSSR count). The van der Waals surface area contributed by atoms with Crippen LogP contribution < -0.4 is 0 Å². The van der Waals surface area contributed by atoms with Crippen molar-refractivity contribution in [3.8, 4) is 0 Å². The first-order valence-electron chi connectivity index (χ1n) is 5.41. The van der Waals surface area contributed by atoms with E-state index in [1.54, 1.807) is 4.90 Å². The molecule has 82 valence electrons. The van der Waals surface area contributed by atoms with Crippen LogP contribution in [0.15, 0.2) is 0 Å². The molecule has 1 aliphatic heterocycles. The molecule has 0 aromatic carbocycles. The summed E-state index contributed by atoms with van der Waals surface area (Å²) in [6.07, 6.45) is 1.26. The molecular weight excluding hydrogens is 180 g/mol. The second-order valence-corrected chi connectivity index (χ2v) is 3.76. The Morgan fingerprint density at radius 2 is 2.14 bits per heavy atom. The molecule has 0 saturated carbocycles. The topological polar surface area (TPSA) is 43.8 Å². The Morgan fingerprint density at radius 1 is 1.50 bits per heavy atom. The first-order chi connectivity index (χ1) is 6.69. The molecule has 1 heterocycles. The quantitative estimate of drug-likeness (QED) is 0.747. The third-order valence-corrected chi connectivity index (χ3v) is 2.99. The van der Waals surface area contributed by atoms with Crippen molar-refractivity contribution in [1.29, 1.82) is 0 Å². The molecule has 1 N–H and O–H groups in total.